The Morgan fingerprint density at radius 3 is 1.77 bits per heavy atom. The fraction of sp³-hybridized carbons (Fsp3) is 0.167. The second-order valence-electron chi connectivity index (χ2n) is 10.6. The van der Waals surface area contributed by atoms with Crippen molar-refractivity contribution in [3.8, 4) is 17.2 Å². The zero-order valence-corrected chi connectivity index (χ0v) is 24.0. The van der Waals surface area contributed by atoms with Crippen LogP contribution in [-0.2, 0) is 13.0 Å². The van der Waals surface area contributed by atoms with E-state index in [1.54, 1.807) is 30.3 Å². The van der Waals surface area contributed by atoms with Gasteiger partial charge < -0.3 is 25.4 Å². The Bertz CT molecular complexity index is 1600. The van der Waals surface area contributed by atoms with Gasteiger partial charge in [0.05, 0.1) is 11.0 Å². The molecule has 5 aromatic carbocycles. The number of benzene rings is 5. The first-order valence-electron chi connectivity index (χ1n) is 14.4. The van der Waals surface area contributed by atoms with Gasteiger partial charge in [-0.1, -0.05) is 91.0 Å². The Hall–Kier alpha value is -5.18. The minimum Gasteiger partial charge on any atom is -0.508 e. The van der Waals surface area contributed by atoms with Crippen molar-refractivity contribution in [3.63, 3.8) is 0 Å². The molecule has 0 aliphatic heterocycles. The van der Waals surface area contributed by atoms with E-state index in [1.807, 2.05) is 84.9 Å². The minimum atomic E-state index is -1.05. The van der Waals surface area contributed by atoms with E-state index in [1.165, 1.54) is 12.1 Å². The molecule has 1 unspecified atom stereocenters. The van der Waals surface area contributed by atoms with E-state index in [4.69, 9.17) is 4.74 Å². The van der Waals surface area contributed by atoms with Crippen LogP contribution >= 0.6 is 0 Å². The predicted molar refractivity (Wildman–Crippen MR) is 169 cm³/mol. The number of hydrogen-bond donors (Lipinski definition) is 4. The quantitative estimate of drug-likeness (QED) is 0.0894. The first-order chi connectivity index (χ1) is 21.4. The molecule has 8 nitrogen and oxygen atoms in total. The lowest BCUT2D eigenvalue weighted by Crippen LogP contribution is -2.39. The summed E-state index contributed by atoms with van der Waals surface area (Å²) in [4.78, 5) is 11.4. The molecule has 8 heteroatoms. The van der Waals surface area contributed by atoms with Crippen LogP contribution in [0.1, 0.15) is 39.8 Å². The molecule has 0 aromatic heterocycles. The van der Waals surface area contributed by atoms with E-state index < -0.39 is 11.0 Å². The Morgan fingerprint density at radius 2 is 1.23 bits per heavy atom. The fourth-order valence-electron chi connectivity index (χ4n) is 5.32. The van der Waals surface area contributed by atoms with Crippen molar-refractivity contribution in [1.29, 1.82) is 0 Å². The van der Waals surface area contributed by atoms with Gasteiger partial charge in [-0.15, -0.1) is 0 Å². The van der Waals surface area contributed by atoms with Crippen LogP contribution in [0, 0.1) is 10.1 Å². The summed E-state index contributed by atoms with van der Waals surface area (Å²) in [6, 6.07) is 37.6. The average Bonchev–Trinajstić information content (AvgIpc) is 3.05. The molecule has 0 saturated carbocycles. The van der Waals surface area contributed by atoms with Gasteiger partial charge in [0, 0.05) is 24.6 Å². The number of rotatable bonds is 13. The maximum atomic E-state index is 11.9. The number of aliphatic hydroxyl groups excluding tert-OH is 1. The van der Waals surface area contributed by atoms with Crippen LogP contribution in [0.2, 0.25) is 0 Å². The first-order valence-corrected chi connectivity index (χ1v) is 14.4. The molecule has 2 atom stereocenters. The Balaban J connectivity index is 1.40. The van der Waals surface area contributed by atoms with Crippen LogP contribution in [0.25, 0.3) is 0 Å². The third kappa shape index (κ3) is 7.80. The highest BCUT2D eigenvalue weighted by Crippen LogP contribution is 2.34. The zero-order valence-electron chi connectivity index (χ0n) is 24.0. The van der Waals surface area contributed by atoms with E-state index in [2.05, 4.69) is 5.32 Å². The van der Waals surface area contributed by atoms with E-state index in [9.17, 15) is 25.4 Å². The van der Waals surface area contributed by atoms with E-state index in [-0.39, 0.29) is 48.0 Å². The second kappa shape index (κ2) is 14.3. The van der Waals surface area contributed by atoms with Crippen molar-refractivity contribution >= 4 is 5.69 Å². The highest BCUT2D eigenvalue weighted by molar-refractivity contribution is 5.49. The highest BCUT2D eigenvalue weighted by Gasteiger charge is 2.27. The molecule has 44 heavy (non-hydrogen) atoms. The largest absolute Gasteiger partial charge is 0.508 e. The SMILES string of the molecule is O=[N+]([O-])c1cc([C@@H](O)CNC(Cc2ccccc2)C(c2ccc(O)cc2)c2ccc(O)cc2)ccc1OCc1ccccc1. The fourth-order valence-corrected chi connectivity index (χ4v) is 5.32. The van der Waals surface area contributed by atoms with Crippen LogP contribution in [-0.4, -0.2) is 32.8 Å². The Morgan fingerprint density at radius 1 is 0.705 bits per heavy atom. The number of phenolic OH excluding ortho intramolecular Hbond substituents is 2. The van der Waals surface area contributed by atoms with Crippen molar-refractivity contribution < 1.29 is 25.0 Å². The number of nitrogens with one attached hydrogen (secondary N) is 1. The summed E-state index contributed by atoms with van der Waals surface area (Å²) in [6.45, 7) is 0.299. The summed E-state index contributed by atoms with van der Waals surface area (Å²) in [7, 11) is 0. The normalized spacial score (nSPS) is 12.5. The van der Waals surface area contributed by atoms with Gasteiger partial charge in [0.15, 0.2) is 5.75 Å². The standard InChI is InChI=1S/C36H34N2O6/c39-30-16-11-27(12-17-30)36(28-13-18-31(40)19-14-28)32(21-25-7-3-1-4-8-25)37-23-34(41)29-15-20-35(33(22-29)38(42)43)44-24-26-9-5-2-6-10-26/h1-20,22,32,34,36-37,39-41H,21,23-24H2/t32?,34-/m0/s1. The van der Waals surface area contributed by atoms with Gasteiger partial charge >= 0.3 is 5.69 Å². The van der Waals surface area contributed by atoms with Crippen molar-refractivity contribution in [1.82, 2.24) is 5.32 Å². The van der Waals surface area contributed by atoms with Gasteiger partial charge in [-0.05, 0) is 64.6 Å². The molecule has 0 bridgehead atoms. The molecule has 0 saturated heterocycles. The lowest BCUT2D eigenvalue weighted by molar-refractivity contribution is -0.386. The summed E-state index contributed by atoms with van der Waals surface area (Å²) in [6.07, 6.45) is -0.442. The van der Waals surface area contributed by atoms with Gasteiger partial charge in [0.2, 0.25) is 0 Å². The van der Waals surface area contributed by atoms with Crippen LogP contribution in [0.5, 0.6) is 17.2 Å². The molecular formula is C36H34N2O6. The highest BCUT2D eigenvalue weighted by atomic mass is 16.6. The molecule has 0 aliphatic rings. The van der Waals surface area contributed by atoms with Crippen LogP contribution in [0.4, 0.5) is 5.69 Å². The third-order valence-electron chi connectivity index (χ3n) is 7.58. The monoisotopic (exact) mass is 590 g/mol. The van der Waals surface area contributed by atoms with Crippen molar-refractivity contribution in [2.24, 2.45) is 0 Å². The first kappa shape index (κ1) is 30.3. The van der Waals surface area contributed by atoms with E-state index >= 15 is 0 Å². The lowest BCUT2D eigenvalue weighted by Gasteiger charge is -2.30. The van der Waals surface area contributed by atoms with Gasteiger partial charge in [0.1, 0.15) is 18.1 Å². The van der Waals surface area contributed by atoms with Gasteiger partial charge in [0.25, 0.3) is 0 Å². The molecule has 4 N–H and O–H groups in total. The van der Waals surface area contributed by atoms with Crippen LogP contribution in [0.15, 0.2) is 127 Å². The van der Waals surface area contributed by atoms with Gasteiger partial charge in [-0.25, -0.2) is 0 Å². The zero-order chi connectivity index (χ0) is 30.9. The van der Waals surface area contributed by atoms with Crippen molar-refractivity contribution in [2.45, 2.75) is 31.1 Å². The molecule has 0 amide bonds. The number of nitro groups is 1. The summed E-state index contributed by atoms with van der Waals surface area (Å²) in [5.41, 5.74) is 4.01. The number of aliphatic hydroxyl groups is 1. The number of phenols is 2. The third-order valence-corrected chi connectivity index (χ3v) is 7.58. The van der Waals surface area contributed by atoms with Crippen LogP contribution in [0.3, 0.4) is 0 Å². The molecule has 0 radical (unpaired) electrons. The van der Waals surface area contributed by atoms with Crippen molar-refractivity contribution in [3.05, 3.63) is 165 Å². The maximum Gasteiger partial charge on any atom is 0.311 e. The molecule has 0 spiro atoms. The number of nitro benzene ring substituents is 1. The van der Waals surface area contributed by atoms with Gasteiger partial charge in [-0.2, -0.15) is 0 Å². The topological polar surface area (TPSA) is 125 Å². The lowest BCUT2D eigenvalue weighted by atomic mass is 9.82. The number of nitrogens with zero attached hydrogens (tertiary/aromatic N) is 1. The van der Waals surface area contributed by atoms with Crippen LogP contribution < -0.4 is 10.1 Å². The molecule has 224 valence electrons. The molecular weight excluding hydrogens is 556 g/mol. The van der Waals surface area contributed by atoms with Crippen molar-refractivity contribution in [2.75, 3.05) is 6.54 Å². The molecule has 5 rings (SSSR count). The molecule has 5 aromatic rings. The Labute approximate surface area is 256 Å². The van der Waals surface area contributed by atoms with E-state index in [0.29, 0.717) is 12.0 Å². The molecule has 0 fully saturated rings. The summed E-state index contributed by atoms with van der Waals surface area (Å²) >= 11 is 0. The minimum absolute atomic E-state index is 0.117. The number of ether oxygens (including phenoxy) is 1. The smallest absolute Gasteiger partial charge is 0.311 e. The average molecular weight is 591 g/mol. The van der Waals surface area contributed by atoms with Gasteiger partial charge in [-0.3, -0.25) is 10.1 Å². The summed E-state index contributed by atoms with van der Waals surface area (Å²) in [5, 5.41) is 46.6. The molecule has 0 heterocycles. The Kier molecular flexibility index (Phi) is 9.86. The molecule has 0 aliphatic carbocycles. The number of hydrogen-bond acceptors (Lipinski definition) is 7. The maximum absolute atomic E-state index is 11.9. The summed E-state index contributed by atoms with van der Waals surface area (Å²) in [5.74, 6) is 0.217. The number of aromatic hydroxyl groups is 2. The second-order valence-corrected chi connectivity index (χ2v) is 10.6. The van der Waals surface area contributed by atoms with E-state index in [0.717, 1.165) is 22.3 Å². The predicted octanol–water partition coefficient (Wildman–Crippen LogP) is 6.65. The summed E-state index contributed by atoms with van der Waals surface area (Å²) < 4.78 is 5.76.